The van der Waals surface area contributed by atoms with Crippen LogP contribution < -0.4 is 14.8 Å². The maximum Gasteiger partial charge on any atom is 0.329 e. The van der Waals surface area contributed by atoms with Crippen molar-refractivity contribution >= 4 is 33.6 Å². The Morgan fingerprint density at radius 3 is 2.15 bits per heavy atom. The largest absolute Gasteiger partial charge is 0.493 e. The molecule has 0 spiro atoms. The highest BCUT2D eigenvalue weighted by atomic mass is 79.9. The van der Waals surface area contributed by atoms with Crippen molar-refractivity contribution in [3.8, 4) is 11.5 Å². The van der Waals surface area contributed by atoms with Crippen molar-refractivity contribution < 1.29 is 28.6 Å². The average molecular weight is 526 g/mol. The van der Waals surface area contributed by atoms with Gasteiger partial charge in [-0.3, -0.25) is 9.59 Å². The normalized spacial score (nSPS) is 11.3. The van der Waals surface area contributed by atoms with Gasteiger partial charge in [-0.15, -0.1) is 0 Å². The number of ether oxygens (including phenoxy) is 3. The van der Waals surface area contributed by atoms with Crippen molar-refractivity contribution in [2.75, 3.05) is 20.8 Å². The van der Waals surface area contributed by atoms with Crippen molar-refractivity contribution in [1.82, 2.24) is 5.32 Å². The second-order valence-corrected chi connectivity index (χ2v) is 8.24. The SMILES string of the molecule is COc1ccc(C(=O)N[C@H](Cc2ccccc2)C(=O)OCC(=O)c2ccc(Br)cc2)cc1OC. The van der Waals surface area contributed by atoms with E-state index in [1.165, 1.54) is 20.3 Å². The van der Waals surface area contributed by atoms with Crippen molar-refractivity contribution in [3.05, 3.63) is 94.0 Å². The average Bonchev–Trinajstić information content (AvgIpc) is 2.87. The zero-order chi connectivity index (χ0) is 24.5. The predicted molar refractivity (Wildman–Crippen MR) is 130 cm³/mol. The van der Waals surface area contributed by atoms with Gasteiger partial charge in [-0.1, -0.05) is 58.4 Å². The quantitative estimate of drug-likeness (QED) is 0.314. The molecule has 0 saturated heterocycles. The number of rotatable bonds is 10. The molecule has 176 valence electrons. The first-order chi connectivity index (χ1) is 16.4. The van der Waals surface area contributed by atoms with Crippen molar-refractivity contribution in [2.45, 2.75) is 12.5 Å². The third-order valence-corrected chi connectivity index (χ3v) is 5.56. The van der Waals surface area contributed by atoms with Gasteiger partial charge in [0.25, 0.3) is 5.91 Å². The fourth-order valence-electron chi connectivity index (χ4n) is 3.22. The Hall–Kier alpha value is -3.65. The lowest BCUT2D eigenvalue weighted by Crippen LogP contribution is -2.43. The van der Waals surface area contributed by atoms with E-state index in [0.29, 0.717) is 17.1 Å². The third kappa shape index (κ3) is 6.68. The highest BCUT2D eigenvalue weighted by molar-refractivity contribution is 9.10. The van der Waals surface area contributed by atoms with Gasteiger partial charge in [0.2, 0.25) is 0 Å². The van der Waals surface area contributed by atoms with E-state index in [1.54, 1.807) is 36.4 Å². The molecule has 0 aliphatic heterocycles. The summed E-state index contributed by atoms with van der Waals surface area (Å²) in [6, 6.07) is 19.7. The van der Waals surface area contributed by atoms with Crippen LogP contribution in [-0.4, -0.2) is 44.5 Å². The fourth-order valence-corrected chi connectivity index (χ4v) is 3.48. The van der Waals surface area contributed by atoms with Crippen molar-refractivity contribution in [1.29, 1.82) is 0 Å². The predicted octanol–water partition coefficient (Wildman–Crippen LogP) is 4.23. The van der Waals surface area contributed by atoms with Gasteiger partial charge in [0, 0.05) is 22.0 Å². The number of ketones is 1. The number of esters is 1. The lowest BCUT2D eigenvalue weighted by Gasteiger charge is -2.18. The first-order valence-corrected chi connectivity index (χ1v) is 11.2. The molecule has 1 N–H and O–H groups in total. The van der Waals surface area contributed by atoms with E-state index in [9.17, 15) is 14.4 Å². The summed E-state index contributed by atoms with van der Waals surface area (Å²) in [5.74, 6) is -0.671. The highest BCUT2D eigenvalue weighted by Gasteiger charge is 2.25. The monoisotopic (exact) mass is 525 g/mol. The Balaban J connectivity index is 1.73. The van der Waals surface area contributed by atoms with E-state index < -0.39 is 24.5 Å². The zero-order valence-electron chi connectivity index (χ0n) is 18.7. The molecule has 3 aromatic rings. The molecule has 0 aliphatic rings. The summed E-state index contributed by atoms with van der Waals surface area (Å²) in [4.78, 5) is 38.2. The molecular weight excluding hydrogens is 502 g/mol. The second kappa shape index (κ2) is 12.0. The zero-order valence-corrected chi connectivity index (χ0v) is 20.3. The fraction of sp³-hybridized carbons (Fsp3) is 0.192. The molecule has 1 amide bonds. The Kier molecular flexibility index (Phi) is 8.81. The molecule has 0 radical (unpaired) electrons. The standard InChI is InChI=1S/C26H24BrNO6/c1-32-23-13-10-19(15-24(23)33-2)25(30)28-21(14-17-6-4-3-5-7-17)26(31)34-16-22(29)18-8-11-20(27)12-9-18/h3-13,15,21H,14,16H2,1-2H3,(H,28,30)/t21-/m1/s1. The number of amides is 1. The summed E-state index contributed by atoms with van der Waals surface area (Å²) in [7, 11) is 2.97. The number of Topliss-reactive ketones (excluding diaryl/α,β-unsaturated/α-hetero) is 1. The van der Waals surface area contributed by atoms with E-state index >= 15 is 0 Å². The second-order valence-electron chi connectivity index (χ2n) is 7.32. The van der Waals surface area contributed by atoms with Gasteiger partial charge in [0.15, 0.2) is 23.9 Å². The number of hydrogen-bond donors (Lipinski definition) is 1. The molecule has 3 rings (SSSR count). The van der Waals surface area contributed by atoms with Gasteiger partial charge in [-0.2, -0.15) is 0 Å². The molecule has 7 nitrogen and oxygen atoms in total. The Morgan fingerprint density at radius 1 is 0.853 bits per heavy atom. The van der Waals surface area contributed by atoms with E-state index in [4.69, 9.17) is 14.2 Å². The Labute approximate surface area is 206 Å². The van der Waals surface area contributed by atoms with Gasteiger partial charge in [-0.25, -0.2) is 4.79 Å². The van der Waals surface area contributed by atoms with E-state index in [1.807, 2.05) is 30.3 Å². The summed E-state index contributed by atoms with van der Waals surface area (Å²) in [6.45, 7) is -0.433. The Bertz CT molecular complexity index is 1150. The summed E-state index contributed by atoms with van der Waals surface area (Å²) in [6.07, 6.45) is 0.200. The highest BCUT2D eigenvalue weighted by Crippen LogP contribution is 2.27. The summed E-state index contributed by atoms with van der Waals surface area (Å²) in [5.41, 5.74) is 1.54. The Morgan fingerprint density at radius 2 is 1.50 bits per heavy atom. The number of hydrogen-bond acceptors (Lipinski definition) is 6. The lowest BCUT2D eigenvalue weighted by molar-refractivity contribution is -0.144. The maximum absolute atomic E-state index is 12.9. The summed E-state index contributed by atoms with van der Waals surface area (Å²) >= 11 is 3.31. The van der Waals surface area contributed by atoms with Gasteiger partial charge in [0.05, 0.1) is 14.2 Å². The number of benzene rings is 3. The van der Waals surface area contributed by atoms with Crippen LogP contribution in [-0.2, 0) is 16.0 Å². The molecule has 0 bridgehead atoms. The van der Waals surface area contributed by atoms with Gasteiger partial charge in [0.1, 0.15) is 6.04 Å². The van der Waals surface area contributed by atoms with Crippen LogP contribution in [0.4, 0.5) is 0 Å². The van der Waals surface area contributed by atoms with Gasteiger partial charge >= 0.3 is 5.97 Å². The van der Waals surface area contributed by atoms with Crippen LogP contribution in [0.1, 0.15) is 26.3 Å². The van der Waals surface area contributed by atoms with Crippen LogP contribution in [0.5, 0.6) is 11.5 Å². The number of halogens is 1. The third-order valence-electron chi connectivity index (χ3n) is 5.03. The minimum absolute atomic E-state index is 0.200. The van der Waals surface area contributed by atoms with Crippen molar-refractivity contribution in [3.63, 3.8) is 0 Å². The summed E-state index contributed by atoms with van der Waals surface area (Å²) in [5, 5.41) is 2.71. The van der Waals surface area contributed by atoms with Crippen LogP contribution in [0.15, 0.2) is 77.3 Å². The summed E-state index contributed by atoms with van der Waals surface area (Å²) < 4.78 is 16.6. The molecule has 0 saturated carbocycles. The molecule has 34 heavy (non-hydrogen) atoms. The molecule has 8 heteroatoms. The molecular formula is C26H24BrNO6. The van der Waals surface area contributed by atoms with E-state index in [0.717, 1.165) is 10.0 Å². The van der Waals surface area contributed by atoms with Crippen LogP contribution >= 0.6 is 15.9 Å². The smallest absolute Gasteiger partial charge is 0.329 e. The van der Waals surface area contributed by atoms with Crippen LogP contribution in [0, 0.1) is 0 Å². The van der Waals surface area contributed by atoms with Crippen LogP contribution in [0.25, 0.3) is 0 Å². The molecule has 0 heterocycles. The van der Waals surface area contributed by atoms with Crippen LogP contribution in [0.3, 0.4) is 0 Å². The maximum atomic E-state index is 12.9. The van der Waals surface area contributed by atoms with Crippen LogP contribution in [0.2, 0.25) is 0 Å². The number of carbonyl (C=O) groups excluding carboxylic acids is 3. The minimum Gasteiger partial charge on any atom is -0.493 e. The van der Waals surface area contributed by atoms with E-state index in [2.05, 4.69) is 21.2 Å². The number of methoxy groups -OCH3 is 2. The molecule has 1 atom stereocenters. The first-order valence-electron chi connectivity index (χ1n) is 10.4. The van der Waals surface area contributed by atoms with Crippen molar-refractivity contribution in [2.24, 2.45) is 0 Å². The molecule has 3 aromatic carbocycles. The molecule has 0 aromatic heterocycles. The topological polar surface area (TPSA) is 90.9 Å². The lowest BCUT2D eigenvalue weighted by atomic mass is 10.1. The molecule has 0 fully saturated rings. The van der Waals surface area contributed by atoms with E-state index in [-0.39, 0.29) is 17.8 Å². The first kappa shape index (κ1) is 25.0. The van der Waals surface area contributed by atoms with Gasteiger partial charge < -0.3 is 19.5 Å². The number of carbonyl (C=O) groups is 3. The van der Waals surface area contributed by atoms with Gasteiger partial charge in [-0.05, 0) is 35.9 Å². The number of nitrogens with one attached hydrogen (secondary N) is 1. The minimum atomic E-state index is -0.999. The molecule has 0 aliphatic carbocycles. The molecule has 0 unspecified atom stereocenters.